The average Bonchev–Trinajstić information content (AvgIpc) is 2.07. The second-order valence-corrected chi connectivity index (χ2v) is 4.52. The number of hydrogen-bond donors (Lipinski definition) is 1. The van der Waals surface area contributed by atoms with Crippen molar-refractivity contribution >= 4 is 11.6 Å². The van der Waals surface area contributed by atoms with Crippen LogP contribution in [0.5, 0.6) is 0 Å². The zero-order valence-corrected chi connectivity index (χ0v) is 8.95. The molecule has 0 heterocycles. The maximum absolute atomic E-state index is 13.6. The van der Waals surface area contributed by atoms with E-state index in [0.29, 0.717) is 0 Å². The van der Waals surface area contributed by atoms with E-state index in [2.05, 4.69) is 0 Å². The predicted octanol–water partition coefficient (Wildman–Crippen LogP) is 3.00. The van der Waals surface area contributed by atoms with Gasteiger partial charge in [-0.05, 0) is 25.0 Å². The summed E-state index contributed by atoms with van der Waals surface area (Å²) in [7, 11) is 0. The summed E-state index contributed by atoms with van der Waals surface area (Å²) in [5, 5.41) is 0.0836. The molecule has 15 heavy (non-hydrogen) atoms. The van der Waals surface area contributed by atoms with Gasteiger partial charge in [0.1, 0.15) is 11.6 Å². The van der Waals surface area contributed by atoms with E-state index in [9.17, 15) is 8.78 Å². The van der Waals surface area contributed by atoms with E-state index in [1.807, 2.05) is 0 Å². The monoisotopic (exact) mass is 231 g/mol. The molecule has 0 bridgehead atoms. The van der Waals surface area contributed by atoms with E-state index in [1.165, 1.54) is 0 Å². The topological polar surface area (TPSA) is 26.0 Å². The van der Waals surface area contributed by atoms with Gasteiger partial charge >= 0.3 is 0 Å². The van der Waals surface area contributed by atoms with Crippen LogP contribution in [0.25, 0.3) is 0 Å². The second-order valence-electron chi connectivity index (χ2n) is 4.08. The molecule has 1 aromatic carbocycles. The van der Waals surface area contributed by atoms with E-state index in [-0.39, 0.29) is 17.1 Å². The maximum atomic E-state index is 13.6. The van der Waals surface area contributed by atoms with E-state index in [1.54, 1.807) is 0 Å². The lowest BCUT2D eigenvalue weighted by Crippen LogP contribution is -2.43. The van der Waals surface area contributed by atoms with Crippen LogP contribution in [0.3, 0.4) is 0 Å². The Kier molecular flexibility index (Phi) is 2.69. The standard InChI is InChI=1S/C11H12ClF2N/c12-7-4-8(13)10(9(14)5-7)11(6-15)2-1-3-11/h4-5H,1-3,6,15H2. The van der Waals surface area contributed by atoms with E-state index < -0.39 is 17.0 Å². The van der Waals surface area contributed by atoms with Crippen LogP contribution in [0, 0.1) is 11.6 Å². The van der Waals surface area contributed by atoms with Crippen molar-refractivity contribution in [1.82, 2.24) is 0 Å². The summed E-state index contributed by atoms with van der Waals surface area (Å²) >= 11 is 5.57. The van der Waals surface area contributed by atoms with Gasteiger partial charge in [0, 0.05) is 22.5 Å². The first-order chi connectivity index (χ1) is 7.09. The van der Waals surface area contributed by atoms with Gasteiger partial charge in [-0.3, -0.25) is 0 Å². The van der Waals surface area contributed by atoms with Crippen LogP contribution in [0.1, 0.15) is 24.8 Å². The van der Waals surface area contributed by atoms with E-state index >= 15 is 0 Å². The van der Waals surface area contributed by atoms with Crippen LogP contribution in [-0.2, 0) is 5.41 Å². The smallest absolute Gasteiger partial charge is 0.131 e. The Morgan fingerprint density at radius 1 is 1.27 bits per heavy atom. The zero-order chi connectivity index (χ0) is 11.1. The summed E-state index contributed by atoms with van der Waals surface area (Å²) in [4.78, 5) is 0. The molecule has 0 aromatic heterocycles. The Morgan fingerprint density at radius 2 is 1.80 bits per heavy atom. The molecule has 82 valence electrons. The SMILES string of the molecule is NCC1(c2c(F)cc(Cl)cc2F)CCC1. The number of rotatable bonds is 2. The van der Waals surface area contributed by atoms with Crippen LogP contribution in [0.2, 0.25) is 5.02 Å². The lowest BCUT2D eigenvalue weighted by Gasteiger charge is -2.41. The molecule has 0 unspecified atom stereocenters. The summed E-state index contributed by atoms with van der Waals surface area (Å²) < 4.78 is 27.3. The Hall–Kier alpha value is -0.670. The minimum Gasteiger partial charge on any atom is -0.330 e. The molecule has 0 saturated heterocycles. The van der Waals surface area contributed by atoms with Gasteiger partial charge in [-0.1, -0.05) is 18.0 Å². The highest BCUT2D eigenvalue weighted by molar-refractivity contribution is 6.30. The first kappa shape index (κ1) is 10.8. The molecule has 1 aromatic rings. The van der Waals surface area contributed by atoms with Crippen molar-refractivity contribution in [3.8, 4) is 0 Å². The van der Waals surface area contributed by atoms with Crippen molar-refractivity contribution in [2.45, 2.75) is 24.7 Å². The normalized spacial score (nSPS) is 18.7. The van der Waals surface area contributed by atoms with E-state index in [4.69, 9.17) is 17.3 Å². The Morgan fingerprint density at radius 3 is 2.13 bits per heavy atom. The number of hydrogen-bond acceptors (Lipinski definition) is 1. The highest BCUT2D eigenvalue weighted by atomic mass is 35.5. The molecular weight excluding hydrogens is 220 g/mol. The molecule has 1 saturated carbocycles. The Labute approximate surface area is 92.2 Å². The molecule has 0 atom stereocenters. The summed E-state index contributed by atoms with van der Waals surface area (Å²) in [6.07, 6.45) is 2.47. The molecule has 2 rings (SSSR count). The molecule has 1 aliphatic carbocycles. The van der Waals surface area contributed by atoms with Gasteiger partial charge < -0.3 is 5.73 Å². The number of halogens is 3. The summed E-state index contributed by atoms with van der Waals surface area (Å²) in [5.74, 6) is -1.16. The summed E-state index contributed by atoms with van der Waals surface area (Å²) in [6.45, 7) is 0.280. The molecule has 1 aliphatic rings. The van der Waals surface area contributed by atoms with Crippen molar-refractivity contribution in [3.05, 3.63) is 34.4 Å². The minimum absolute atomic E-state index is 0.0836. The Bertz CT molecular complexity index is 360. The third kappa shape index (κ3) is 1.64. The summed E-state index contributed by atoms with van der Waals surface area (Å²) in [6, 6.07) is 2.30. The van der Waals surface area contributed by atoms with Crippen LogP contribution in [0.15, 0.2) is 12.1 Å². The molecule has 0 spiro atoms. The summed E-state index contributed by atoms with van der Waals surface area (Å²) in [5.41, 5.74) is 5.22. The highest BCUT2D eigenvalue weighted by Crippen LogP contribution is 2.45. The minimum atomic E-state index is -0.579. The lowest BCUT2D eigenvalue weighted by molar-refractivity contribution is 0.236. The van der Waals surface area contributed by atoms with Gasteiger partial charge in [0.25, 0.3) is 0 Å². The van der Waals surface area contributed by atoms with Crippen molar-refractivity contribution in [1.29, 1.82) is 0 Å². The molecule has 0 radical (unpaired) electrons. The Balaban J connectivity index is 2.52. The molecule has 0 amide bonds. The fraction of sp³-hybridized carbons (Fsp3) is 0.455. The van der Waals surface area contributed by atoms with E-state index in [0.717, 1.165) is 31.4 Å². The van der Waals surface area contributed by atoms with Gasteiger partial charge in [0.2, 0.25) is 0 Å². The van der Waals surface area contributed by atoms with Crippen molar-refractivity contribution in [2.75, 3.05) is 6.54 Å². The van der Waals surface area contributed by atoms with Crippen LogP contribution < -0.4 is 5.73 Å². The van der Waals surface area contributed by atoms with Crippen molar-refractivity contribution in [2.24, 2.45) is 5.73 Å². The van der Waals surface area contributed by atoms with Crippen LogP contribution in [0.4, 0.5) is 8.78 Å². The number of nitrogens with two attached hydrogens (primary N) is 1. The van der Waals surface area contributed by atoms with Crippen molar-refractivity contribution in [3.63, 3.8) is 0 Å². The van der Waals surface area contributed by atoms with Crippen LogP contribution >= 0.6 is 11.6 Å². The third-order valence-corrected chi connectivity index (χ3v) is 3.46. The van der Waals surface area contributed by atoms with Crippen molar-refractivity contribution < 1.29 is 8.78 Å². The molecule has 0 aliphatic heterocycles. The van der Waals surface area contributed by atoms with Gasteiger partial charge in [-0.15, -0.1) is 0 Å². The van der Waals surface area contributed by atoms with Gasteiger partial charge in [0.15, 0.2) is 0 Å². The van der Waals surface area contributed by atoms with Gasteiger partial charge in [-0.25, -0.2) is 8.78 Å². The van der Waals surface area contributed by atoms with Gasteiger partial charge in [0.05, 0.1) is 0 Å². The third-order valence-electron chi connectivity index (χ3n) is 3.24. The molecule has 2 N–H and O–H groups in total. The largest absolute Gasteiger partial charge is 0.330 e. The first-order valence-corrected chi connectivity index (χ1v) is 5.32. The maximum Gasteiger partial charge on any atom is 0.131 e. The predicted molar refractivity (Wildman–Crippen MR) is 56.0 cm³/mol. The highest BCUT2D eigenvalue weighted by Gasteiger charge is 2.41. The second kappa shape index (κ2) is 3.72. The lowest BCUT2D eigenvalue weighted by atomic mass is 9.64. The fourth-order valence-electron chi connectivity index (χ4n) is 2.21. The number of benzene rings is 1. The average molecular weight is 232 g/mol. The quantitative estimate of drug-likeness (QED) is 0.832. The molecule has 4 heteroatoms. The molecular formula is C11H12ClF2N. The van der Waals surface area contributed by atoms with Gasteiger partial charge in [-0.2, -0.15) is 0 Å². The molecule has 1 nitrogen and oxygen atoms in total. The van der Waals surface area contributed by atoms with Crippen LogP contribution in [-0.4, -0.2) is 6.54 Å². The zero-order valence-electron chi connectivity index (χ0n) is 8.19. The molecule has 1 fully saturated rings. The first-order valence-electron chi connectivity index (χ1n) is 4.94. The fourth-order valence-corrected chi connectivity index (χ4v) is 2.40.